The van der Waals surface area contributed by atoms with Crippen LogP contribution in [-0.2, 0) is 0 Å². The lowest BCUT2D eigenvalue weighted by atomic mass is 9.97. The molecule has 4 aromatic rings. The maximum absolute atomic E-state index is 12.8. The lowest BCUT2D eigenvalue weighted by Crippen LogP contribution is -2.12. The van der Waals surface area contributed by atoms with E-state index < -0.39 is 0 Å². The molecule has 6 heteroatoms. The van der Waals surface area contributed by atoms with E-state index in [4.69, 9.17) is 16.9 Å². The molecular formula is C28H20ClN3O2. The van der Waals surface area contributed by atoms with Gasteiger partial charge in [0.1, 0.15) is 0 Å². The number of benzene rings is 4. The van der Waals surface area contributed by atoms with E-state index in [-0.39, 0.29) is 11.8 Å². The van der Waals surface area contributed by atoms with Crippen molar-refractivity contribution >= 4 is 34.8 Å². The van der Waals surface area contributed by atoms with Crippen molar-refractivity contribution in [2.24, 2.45) is 0 Å². The zero-order valence-corrected chi connectivity index (χ0v) is 19.1. The SMILES string of the molecule is Cc1ccc(C(=O)Nc2cccc(Cl)c2)cc1-c1ccc(C(=O)Nc2cccc(C#N)c2)cc1. The molecule has 0 heterocycles. The highest BCUT2D eigenvalue weighted by molar-refractivity contribution is 6.31. The van der Waals surface area contributed by atoms with Gasteiger partial charge in [0.25, 0.3) is 11.8 Å². The van der Waals surface area contributed by atoms with E-state index in [1.54, 1.807) is 66.7 Å². The second-order valence-electron chi connectivity index (χ2n) is 7.72. The van der Waals surface area contributed by atoms with Gasteiger partial charge in [-0.25, -0.2) is 0 Å². The van der Waals surface area contributed by atoms with Gasteiger partial charge in [-0.3, -0.25) is 9.59 Å². The molecule has 0 aliphatic carbocycles. The fourth-order valence-electron chi connectivity index (χ4n) is 3.51. The highest BCUT2D eigenvalue weighted by Crippen LogP contribution is 2.26. The van der Waals surface area contributed by atoms with Gasteiger partial charge >= 0.3 is 0 Å². The Kier molecular flexibility index (Phi) is 6.72. The molecule has 0 aliphatic heterocycles. The molecule has 0 saturated carbocycles. The minimum Gasteiger partial charge on any atom is -0.322 e. The van der Waals surface area contributed by atoms with Gasteiger partial charge in [0, 0.05) is 27.5 Å². The third kappa shape index (κ3) is 5.32. The van der Waals surface area contributed by atoms with Crippen molar-refractivity contribution in [3.8, 4) is 17.2 Å². The molecular weight excluding hydrogens is 446 g/mol. The van der Waals surface area contributed by atoms with Crippen LogP contribution in [0.4, 0.5) is 11.4 Å². The molecule has 0 aliphatic rings. The van der Waals surface area contributed by atoms with Crippen molar-refractivity contribution in [2.45, 2.75) is 6.92 Å². The monoisotopic (exact) mass is 465 g/mol. The Balaban J connectivity index is 1.52. The molecule has 0 spiro atoms. The predicted molar refractivity (Wildman–Crippen MR) is 135 cm³/mol. The first-order valence-corrected chi connectivity index (χ1v) is 10.9. The number of halogens is 1. The third-order valence-electron chi connectivity index (χ3n) is 5.29. The number of carbonyl (C=O) groups is 2. The van der Waals surface area contributed by atoms with Crippen LogP contribution in [0.1, 0.15) is 31.8 Å². The van der Waals surface area contributed by atoms with Crippen molar-refractivity contribution in [3.05, 3.63) is 118 Å². The Labute approximate surface area is 202 Å². The number of carbonyl (C=O) groups excluding carboxylic acids is 2. The maximum Gasteiger partial charge on any atom is 0.255 e. The normalized spacial score (nSPS) is 10.3. The molecule has 4 aromatic carbocycles. The summed E-state index contributed by atoms with van der Waals surface area (Å²) in [6.45, 7) is 1.97. The zero-order valence-electron chi connectivity index (χ0n) is 18.3. The van der Waals surface area contributed by atoms with E-state index in [9.17, 15) is 9.59 Å². The van der Waals surface area contributed by atoms with Gasteiger partial charge in [0.2, 0.25) is 0 Å². The summed E-state index contributed by atoms with van der Waals surface area (Å²) in [5, 5.41) is 15.2. The fourth-order valence-corrected chi connectivity index (χ4v) is 3.70. The Morgan fingerprint density at radius 3 is 2.06 bits per heavy atom. The second kappa shape index (κ2) is 10.0. The second-order valence-corrected chi connectivity index (χ2v) is 8.15. The van der Waals surface area contributed by atoms with Gasteiger partial charge < -0.3 is 10.6 Å². The highest BCUT2D eigenvalue weighted by atomic mass is 35.5. The number of rotatable bonds is 5. The topological polar surface area (TPSA) is 82.0 Å². The van der Waals surface area contributed by atoms with Crippen LogP contribution < -0.4 is 10.6 Å². The van der Waals surface area contributed by atoms with E-state index >= 15 is 0 Å². The fraction of sp³-hybridized carbons (Fsp3) is 0.0357. The average Bonchev–Trinajstić information content (AvgIpc) is 2.84. The summed E-state index contributed by atoms with van der Waals surface area (Å²) in [5.41, 5.74) is 5.44. The molecule has 0 radical (unpaired) electrons. The average molecular weight is 466 g/mol. The Morgan fingerprint density at radius 1 is 0.765 bits per heavy atom. The Bertz CT molecular complexity index is 1420. The predicted octanol–water partition coefficient (Wildman–Crippen LogP) is 6.69. The molecule has 166 valence electrons. The van der Waals surface area contributed by atoms with Crippen LogP contribution in [0.2, 0.25) is 5.02 Å². The van der Waals surface area contributed by atoms with Gasteiger partial charge in [0.05, 0.1) is 11.6 Å². The molecule has 0 atom stereocenters. The summed E-state index contributed by atoms with van der Waals surface area (Å²) in [6, 6.07) is 28.4. The zero-order chi connectivity index (χ0) is 24.1. The summed E-state index contributed by atoms with van der Waals surface area (Å²) in [5.74, 6) is -0.507. The van der Waals surface area contributed by atoms with Gasteiger partial charge in [-0.1, -0.05) is 41.9 Å². The Hall–Kier alpha value is -4.40. The van der Waals surface area contributed by atoms with Crippen LogP contribution in [0.25, 0.3) is 11.1 Å². The van der Waals surface area contributed by atoms with Crippen LogP contribution in [0.3, 0.4) is 0 Å². The van der Waals surface area contributed by atoms with E-state index in [1.165, 1.54) is 0 Å². The van der Waals surface area contributed by atoms with Crippen LogP contribution in [0, 0.1) is 18.3 Å². The standard InChI is InChI=1S/C28H20ClN3O2/c1-18-8-9-22(28(34)32-25-7-3-5-23(29)16-25)15-26(18)20-10-12-21(13-11-20)27(33)31-24-6-2-4-19(14-24)17-30/h2-16H,1H3,(H,31,33)(H,32,34). The number of nitrogens with one attached hydrogen (secondary N) is 2. The minimum absolute atomic E-state index is 0.237. The van der Waals surface area contributed by atoms with Crippen molar-refractivity contribution in [2.75, 3.05) is 10.6 Å². The van der Waals surface area contributed by atoms with Crippen molar-refractivity contribution in [3.63, 3.8) is 0 Å². The number of amides is 2. The molecule has 2 amide bonds. The summed E-state index contributed by atoms with van der Waals surface area (Å²) in [6.07, 6.45) is 0. The number of nitrogens with zero attached hydrogens (tertiary/aromatic N) is 1. The molecule has 34 heavy (non-hydrogen) atoms. The lowest BCUT2D eigenvalue weighted by molar-refractivity contribution is 0.101. The molecule has 4 rings (SSSR count). The minimum atomic E-state index is -0.270. The number of anilines is 2. The van der Waals surface area contributed by atoms with Crippen LogP contribution in [0.5, 0.6) is 0 Å². The molecule has 0 aromatic heterocycles. The van der Waals surface area contributed by atoms with Crippen LogP contribution in [-0.4, -0.2) is 11.8 Å². The first kappa shape index (κ1) is 22.8. The first-order valence-electron chi connectivity index (χ1n) is 10.5. The molecule has 2 N–H and O–H groups in total. The van der Waals surface area contributed by atoms with Gasteiger partial charge in [-0.2, -0.15) is 5.26 Å². The Morgan fingerprint density at radius 2 is 1.38 bits per heavy atom. The molecule has 0 bridgehead atoms. The molecule has 0 fully saturated rings. The first-order chi connectivity index (χ1) is 16.4. The van der Waals surface area contributed by atoms with E-state index in [0.29, 0.717) is 33.1 Å². The van der Waals surface area contributed by atoms with Crippen LogP contribution in [0.15, 0.2) is 91.0 Å². The smallest absolute Gasteiger partial charge is 0.255 e. The van der Waals surface area contributed by atoms with Crippen molar-refractivity contribution < 1.29 is 9.59 Å². The van der Waals surface area contributed by atoms with Gasteiger partial charge in [-0.15, -0.1) is 0 Å². The largest absolute Gasteiger partial charge is 0.322 e. The third-order valence-corrected chi connectivity index (χ3v) is 5.52. The summed E-state index contributed by atoms with van der Waals surface area (Å²) in [4.78, 5) is 25.4. The van der Waals surface area contributed by atoms with E-state index in [0.717, 1.165) is 16.7 Å². The summed E-state index contributed by atoms with van der Waals surface area (Å²) < 4.78 is 0. The van der Waals surface area contributed by atoms with Crippen molar-refractivity contribution in [1.82, 2.24) is 0 Å². The quantitative estimate of drug-likeness (QED) is 0.344. The molecule has 0 unspecified atom stereocenters. The van der Waals surface area contributed by atoms with Crippen LogP contribution >= 0.6 is 11.6 Å². The lowest BCUT2D eigenvalue weighted by Gasteiger charge is -2.11. The number of nitriles is 1. The summed E-state index contributed by atoms with van der Waals surface area (Å²) in [7, 11) is 0. The molecule has 0 saturated heterocycles. The number of hydrogen-bond donors (Lipinski definition) is 2. The van der Waals surface area contributed by atoms with Gasteiger partial charge in [-0.05, 0) is 84.3 Å². The van der Waals surface area contributed by atoms with E-state index in [2.05, 4.69) is 16.7 Å². The molecule has 5 nitrogen and oxygen atoms in total. The van der Waals surface area contributed by atoms with E-state index in [1.807, 2.05) is 31.2 Å². The number of aryl methyl sites for hydroxylation is 1. The number of hydrogen-bond acceptors (Lipinski definition) is 3. The maximum atomic E-state index is 12.8. The highest BCUT2D eigenvalue weighted by Gasteiger charge is 2.12. The summed E-state index contributed by atoms with van der Waals surface area (Å²) >= 11 is 6.00. The van der Waals surface area contributed by atoms with Gasteiger partial charge in [0.15, 0.2) is 0 Å². The van der Waals surface area contributed by atoms with Crippen molar-refractivity contribution in [1.29, 1.82) is 5.26 Å².